The van der Waals surface area contributed by atoms with E-state index in [9.17, 15) is 32.7 Å². The summed E-state index contributed by atoms with van der Waals surface area (Å²) in [5.74, 6) is -5.79. The number of fused-ring (bicyclic) bond motifs is 1. The highest BCUT2D eigenvalue weighted by Gasteiger charge is 2.27. The van der Waals surface area contributed by atoms with Gasteiger partial charge in [-0.15, -0.1) is 0 Å². The van der Waals surface area contributed by atoms with Crippen LogP contribution in [0.25, 0.3) is 27.7 Å². The first-order valence-electron chi connectivity index (χ1n) is 14.7. The summed E-state index contributed by atoms with van der Waals surface area (Å²) < 4.78 is 65.2. The molecule has 3 N–H and O–H groups in total. The van der Waals surface area contributed by atoms with E-state index in [1.54, 1.807) is 6.07 Å². The molecular weight excluding hydrogens is 676 g/mol. The second-order valence-corrected chi connectivity index (χ2v) is 12.7. The van der Waals surface area contributed by atoms with E-state index in [0.29, 0.717) is 34.3 Å². The molecule has 3 aromatic heterocycles. The van der Waals surface area contributed by atoms with Crippen molar-refractivity contribution in [2.75, 3.05) is 4.72 Å². The smallest absolute Gasteiger partial charge is 0.335 e. The summed E-state index contributed by atoms with van der Waals surface area (Å²) >= 11 is 0. The summed E-state index contributed by atoms with van der Waals surface area (Å²) in [5, 5.41) is 12.1. The van der Waals surface area contributed by atoms with Crippen LogP contribution in [0.3, 0.4) is 0 Å². The summed E-state index contributed by atoms with van der Waals surface area (Å²) in [6.07, 6.45) is 5.41. The fraction of sp³-hybridized carbons (Fsp3) is 0.0882. The van der Waals surface area contributed by atoms with Gasteiger partial charge in [-0.25, -0.2) is 31.4 Å². The number of sulfonamides is 1. The maximum atomic E-state index is 15.1. The van der Waals surface area contributed by atoms with Crippen molar-refractivity contribution in [2.24, 2.45) is 7.05 Å². The first-order chi connectivity index (χ1) is 23.8. The molecule has 0 aliphatic heterocycles. The number of pyridine rings is 1. The molecule has 0 aliphatic rings. The average Bonchev–Trinajstić information content (AvgIpc) is 3.63. The van der Waals surface area contributed by atoms with Crippen molar-refractivity contribution in [1.29, 1.82) is 0 Å². The predicted molar refractivity (Wildman–Crippen MR) is 176 cm³/mol. The predicted octanol–water partition coefficient (Wildman–Crippen LogP) is 3.85. The first-order valence-corrected chi connectivity index (χ1v) is 16.2. The average molecular weight is 702 g/mol. The monoisotopic (exact) mass is 701 g/mol. The van der Waals surface area contributed by atoms with E-state index >= 15 is 8.78 Å². The summed E-state index contributed by atoms with van der Waals surface area (Å²) in [4.78, 5) is 54.7. The number of halogens is 2. The Bertz CT molecular complexity index is 2470. The highest BCUT2D eigenvalue weighted by atomic mass is 32.2. The zero-order valence-corrected chi connectivity index (χ0v) is 26.6. The summed E-state index contributed by atoms with van der Waals surface area (Å²) in [6, 6.07) is 14.0. The molecule has 0 bridgehead atoms. The third-order valence-electron chi connectivity index (χ3n) is 7.85. The van der Waals surface area contributed by atoms with Gasteiger partial charge in [-0.1, -0.05) is 24.3 Å². The normalized spacial score (nSPS) is 12.1. The third kappa shape index (κ3) is 6.51. The Labute approximate surface area is 281 Å². The van der Waals surface area contributed by atoms with E-state index in [0.717, 1.165) is 4.57 Å². The molecule has 6 aromatic rings. The molecule has 3 heterocycles. The number of furan rings is 1. The molecule has 0 radical (unpaired) electrons. The highest BCUT2D eigenvalue weighted by Crippen LogP contribution is 2.25. The van der Waals surface area contributed by atoms with Crippen molar-refractivity contribution >= 4 is 38.5 Å². The summed E-state index contributed by atoms with van der Waals surface area (Å²) in [5.41, 5.74) is -0.594. The zero-order valence-electron chi connectivity index (χ0n) is 25.8. The summed E-state index contributed by atoms with van der Waals surface area (Å²) in [6.45, 7) is 0. The van der Waals surface area contributed by atoms with E-state index in [-0.39, 0.29) is 22.4 Å². The van der Waals surface area contributed by atoms with Gasteiger partial charge in [0.2, 0.25) is 0 Å². The number of aromatic nitrogens is 3. The van der Waals surface area contributed by atoms with Crippen LogP contribution in [0.5, 0.6) is 0 Å². The lowest BCUT2D eigenvalue weighted by Gasteiger charge is -2.16. The number of rotatable bonds is 10. The number of aliphatic carboxylic acids is 1. The molecule has 0 spiro atoms. The molecule has 50 heavy (non-hydrogen) atoms. The van der Waals surface area contributed by atoms with Crippen molar-refractivity contribution in [1.82, 2.24) is 19.4 Å². The standard InChI is InChI=1S/C34H25F2N5O8S/c1-40-29-17-37-12-10-25(29)32(43)41(34(40)46)23-6-2-19(3-7-23)14-28(33(44)45)38-31(42)30-26(35)15-22(16-27(30)36)39-50(47,48)24-8-4-20(5-9-24)21-11-13-49-18-21/h2-13,15-18,28,39H,14H2,1H3,(H,38,42)(H,44,45)/t28-/m0/s1. The molecule has 0 aliphatic carbocycles. The molecule has 0 unspecified atom stereocenters. The quantitative estimate of drug-likeness (QED) is 0.191. The summed E-state index contributed by atoms with van der Waals surface area (Å²) in [7, 11) is -2.81. The lowest BCUT2D eigenvalue weighted by atomic mass is 10.0. The van der Waals surface area contributed by atoms with Gasteiger partial charge in [0.25, 0.3) is 21.5 Å². The van der Waals surface area contributed by atoms with Crippen molar-refractivity contribution in [3.05, 3.63) is 141 Å². The molecule has 6 rings (SSSR count). The van der Waals surface area contributed by atoms with Gasteiger partial charge < -0.3 is 14.8 Å². The molecule has 1 amide bonds. The van der Waals surface area contributed by atoms with Crippen molar-refractivity contribution in [2.45, 2.75) is 17.4 Å². The number of hydrogen-bond donors (Lipinski definition) is 3. The lowest BCUT2D eigenvalue weighted by molar-refractivity contribution is -0.139. The molecule has 13 nitrogen and oxygen atoms in total. The van der Waals surface area contributed by atoms with E-state index in [2.05, 4.69) is 15.0 Å². The number of nitrogens with one attached hydrogen (secondary N) is 2. The largest absolute Gasteiger partial charge is 0.480 e. The maximum absolute atomic E-state index is 15.1. The Morgan fingerprint density at radius 1 is 0.960 bits per heavy atom. The van der Waals surface area contributed by atoms with Crippen LogP contribution in [0.15, 0.2) is 117 Å². The van der Waals surface area contributed by atoms with E-state index in [1.165, 1.54) is 91.1 Å². The Kier molecular flexibility index (Phi) is 8.86. The zero-order chi connectivity index (χ0) is 35.7. The van der Waals surface area contributed by atoms with Crippen LogP contribution in [0.1, 0.15) is 15.9 Å². The second kappa shape index (κ2) is 13.2. The Hall–Kier alpha value is -6.42. The molecule has 16 heteroatoms. The topological polar surface area (TPSA) is 183 Å². The number of nitrogens with zero attached hydrogens (tertiary/aromatic N) is 3. The minimum Gasteiger partial charge on any atom is -0.480 e. The molecule has 0 saturated carbocycles. The Morgan fingerprint density at radius 3 is 2.26 bits per heavy atom. The van der Waals surface area contributed by atoms with Crippen LogP contribution in [0, 0.1) is 11.6 Å². The van der Waals surface area contributed by atoms with Gasteiger partial charge in [-0.3, -0.25) is 23.9 Å². The maximum Gasteiger partial charge on any atom is 0.335 e. The number of carbonyl (C=O) groups excluding carboxylic acids is 1. The first kappa shape index (κ1) is 33.5. The number of aryl methyl sites for hydroxylation is 1. The third-order valence-corrected chi connectivity index (χ3v) is 9.25. The number of benzene rings is 3. The number of amides is 1. The minimum atomic E-state index is -4.29. The molecular formula is C34H25F2N5O8S. The van der Waals surface area contributed by atoms with Gasteiger partial charge in [0, 0.05) is 25.2 Å². The van der Waals surface area contributed by atoms with Crippen molar-refractivity contribution in [3.8, 4) is 16.8 Å². The molecule has 1 atom stereocenters. The van der Waals surface area contributed by atoms with Crippen molar-refractivity contribution < 1.29 is 36.3 Å². The van der Waals surface area contributed by atoms with Gasteiger partial charge >= 0.3 is 11.7 Å². The van der Waals surface area contributed by atoms with Crippen LogP contribution in [-0.2, 0) is 28.3 Å². The van der Waals surface area contributed by atoms with Gasteiger partial charge in [0.05, 0.1) is 45.9 Å². The fourth-order valence-corrected chi connectivity index (χ4v) is 6.33. The highest BCUT2D eigenvalue weighted by molar-refractivity contribution is 7.92. The van der Waals surface area contributed by atoms with Crippen molar-refractivity contribution in [3.63, 3.8) is 0 Å². The van der Waals surface area contributed by atoms with Gasteiger partial charge in [0.15, 0.2) is 0 Å². The van der Waals surface area contributed by atoms with Crippen LogP contribution >= 0.6 is 0 Å². The molecule has 3 aromatic carbocycles. The number of anilines is 1. The number of carboxylic acids is 1. The van der Waals surface area contributed by atoms with Crippen LogP contribution in [-0.4, -0.2) is 45.6 Å². The van der Waals surface area contributed by atoms with E-state index < -0.39 is 62.1 Å². The van der Waals surface area contributed by atoms with Gasteiger partial charge in [-0.05, 0) is 59.7 Å². The number of carbonyl (C=O) groups is 2. The Morgan fingerprint density at radius 2 is 1.64 bits per heavy atom. The molecule has 0 fully saturated rings. The number of carboxylic acid groups (broad SMARTS) is 1. The van der Waals surface area contributed by atoms with Gasteiger partial charge in [-0.2, -0.15) is 0 Å². The fourth-order valence-electron chi connectivity index (χ4n) is 5.29. The van der Waals surface area contributed by atoms with E-state index in [4.69, 9.17) is 4.42 Å². The van der Waals surface area contributed by atoms with Crippen LogP contribution < -0.4 is 21.3 Å². The number of hydrogen-bond acceptors (Lipinski definition) is 8. The molecule has 254 valence electrons. The molecule has 0 saturated heterocycles. The van der Waals surface area contributed by atoms with E-state index in [1.807, 2.05) is 0 Å². The second-order valence-electron chi connectivity index (χ2n) is 11.1. The Balaban J connectivity index is 1.17. The van der Waals surface area contributed by atoms with Crippen LogP contribution in [0.4, 0.5) is 14.5 Å². The van der Waals surface area contributed by atoms with Gasteiger partial charge in [0.1, 0.15) is 23.2 Å². The lowest BCUT2D eigenvalue weighted by Crippen LogP contribution is -2.43. The van der Waals surface area contributed by atoms with Crippen LogP contribution in [0.2, 0.25) is 0 Å². The SMILES string of the molecule is Cn1c(=O)n(-c2ccc(C[C@H](NC(=O)c3c(F)cc(NS(=O)(=O)c4ccc(-c5ccoc5)cc4)cc3F)C(=O)O)cc2)c(=O)c2ccncc21. The minimum absolute atomic E-state index is 0.195.